The van der Waals surface area contributed by atoms with Crippen molar-refractivity contribution in [2.75, 3.05) is 0 Å². The second-order valence-electron chi connectivity index (χ2n) is 4.61. The van der Waals surface area contributed by atoms with E-state index in [0.717, 1.165) is 11.1 Å². The first-order chi connectivity index (χ1) is 9.25. The summed E-state index contributed by atoms with van der Waals surface area (Å²) >= 11 is 0. The summed E-state index contributed by atoms with van der Waals surface area (Å²) in [5, 5.41) is 10.0. The maximum Gasteiger partial charge on any atom is 0.0878 e. The molecule has 2 nitrogen and oxygen atoms in total. The lowest BCUT2D eigenvalue weighted by Crippen LogP contribution is -2.35. The lowest BCUT2D eigenvalue weighted by Gasteiger charge is -2.15. The first-order valence-electron chi connectivity index (χ1n) is 6.46. The molecule has 0 unspecified atom stereocenters. The predicted molar refractivity (Wildman–Crippen MR) is 79.6 cm³/mol. The molecule has 0 bridgehead atoms. The van der Waals surface area contributed by atoms with Gasteiger partial charge in [-0.15, -0.1) is 0 Å². The average Bonchev–Trinajstić information content (AvgIpc) is 2.47. The fourth-order valence-electron chi connectivity index (χ4n) is 1.92. The van der Waals surface area contributed by atoms with Crippen molar-refractivity contribution >= 4 is 6.08 Å². The fourth-order valence-corrected chi connectivity index (χ4v) is 1.92. The molecule has 2 aromatic rings. The van der Waals surface area contributed by atoms with E-state index in [1.165, 1.54) is 0 Å². The topological polar surface area (TPSA) is 46.2 Å². The van der Waals surface area contributed by atoms with Crippen molar-refractivity contribution in [3.05, 3.63) is 77.9 Å². The number of benzene rings is 2. The van der Waals surface area contributed by atoms with E-state index in [4.69, 9.17) is 5.73 Å². The minimum Gasteiger partial charge on any atom is -0.387 e. The van der Waals surface area contributed by atoms with Crippen LogP contribution in [0.2, 0.25) is 0 Å². The van der Waals surface area contributed by atoms with Gasteiger partial charge >= 0.3 is 0 Å². The van der Waals surface area contributed by atoms with Gasteiger partial charge in [-0.2, -0.15) is 0 Å². The SMILES string of the molecule is N[C@@H](Cc1ccccc1)[C@H](O)/C=C/c1ccccc1. The van der Waals surface area contributed by atoms with E-state index in [2.05, 4.69) is 0 Å². The van der Waals surface area contributed by atoms with Gasteiger partial charge in [-0.25, -0.2) is 0 Å². The molecule has 2 aromatic carbocycles. The predicted octanol–water partition coefficient (Wildman–Crippen LogP) is 2.63. The number of nitrogens with two attached hydrogens (primary N) is 1. The molecule has 0 spiro atoms. The normalized spacial score (nSPS) is 14.4. The summed E-state index contributed by atoms with van der Waals surface area (Å²) in [6.07, 6.45) is 3.68. The number of hydrogen-bond donors (Lipinski definition) is 2. The third kappa shape index (κ3) is 4.36. The molecule has 0 aliphatic heterocycles. The molecule has 0 heterocycles. The Hall–Kier alpha value is -1.90. The molecule has 0 fully saturated rings. The zero-order valence-corrected chi connectivity index (χ0v) is 10.8. The molecule has 0 radical (unpaired) electrons. The second kappa shape index (κ2) is 6.88. The highest BCUT2D eigenvalue weighted by molar-refractivity contribution is 5.49. The number of aliphatic hydroxyl groups is 1. The molecule has 0 aliphatic carbocycles. The highest BCUT2D eigenvalue weighted by Crippen LogP contribution is 2.07. The van der Waals surface area contributed by atoms with Gasteiger partial charge in [-0.05, 0) is 17.5 Å². The van der Waals surface area contributed by atoms with E-state index in [0.29, 0.717) is 6.42 Å². The molecule has 3 N–H and O–H groups in total. The molecule has 2 heteroatoms. The van der Waals surface area contributed by atoms with Gasteiger partial charge in [0, 0.05) is 6.04 Å². The van der Waals surface area contributed by atoms with Crippen LogP contribution < -0.4 is 5.73 Å². The van der Waals surface area contributed by atoms with Crippen molar-refractivity contribution in [3.8, 4) is 0 Å². The van der Waals surface area contributed by atoms with Gasteiger partial charge in [0.15, 0.2) is 0 Å². The first-order valence-corrected chi connectivity index (χ1v) is 6.46. The Balaban J connectivity index is 1.92. The summed E-state index contributed by atoms with van der Waals surface area (Å²) in [5.74, 6) is 0. The molecule has 2 rings (SSSR count). The van der Waals surface area contributed by atoms with Gasteiger partial charge in [0.05, 0.1) is 6.10 Å². The maximum atomic E-state index is 10.0. The van der Waals surface area contributed by atoms with Crippen LogP contribution in [0.1, 0.15) is 11.1 Å². The van der Waals surface area contributed by atoms with Gasteiger partial charge in [0.2, 0.25) is 0 Å². The Kier molecular flexibility index (Phi) is 4.90. The highest BCUT2D eigenvalue weighted by atomic mass is 16.3. The number of hydrogen-bond acceptors (Lipinski definition) is 2. The maximum absolute atomic E-state index is 10.0. The molecule has 0 saturated heterocycles. The minimum absolute atomic E-state index is 0.289. The standard InChI is InChI=1S/C17H19NO/c18-16(13-15-9-5-2-6-10-15)17(19)12-11-14-7-3-1-4-8-14/h1-12,16-17,19H,13,18H2/b12-11+/t16-,17+/m0/s1. The zero-order chi connectivity index (χ0) is 13.5. The molecular formula is C17H19NO. The quantitative estimate of drug-likeness (QED) is 0.860. The summed E-state index contributed by atoms with van der Waals surface area (Å²) in [6.45, 7) is 0. The molecule has 0 amide bonds. The van der Waals surface area contributed by atoms with Gasteiger partial charge in [-0.1, -0.05) is 72.8 Å². The molecule has 0 saturated carbocycles. The third-order valence-corrected chi connectivity index (χ3v) is 3.04. The van der Waals surface area contributed by atoms with E-state index >= 15 is 0 Å². The van der Waals surface area contributed by atoms with Crippen LogP contribution in [0.15, 0.2) is 66.7 Å². The van der Waals surface area contributed by atoms with Crippen LogP contribution in [0.4, 0.5) is 0 Å². The Labute approximate surface area is 114 Å². The van der Waals surface area contributed by atoms with E-state index in [1.54, 1.807) is 6.08 Å². The molecule has 19 heavy (non-hydrogen) atoms. The van der Waals surface area contributed by atoms with Gasteiger partial charge < -0.3 is 10.8 Å². The summed E-state index contributed by atoms with van der Waals surface area (Å²) < 4.78 is 0. The summed E-state index contributed by atoms with van der Waals surface area (Å²) in [6, 6.07) is 19.6. The number of aliphatic hydroxyl groups excluding tert-OH is 1. The van der Waals surface area contributed by atoms with Crippen molar-refractivity contribution in [3.63, 3.8) is 0 Å². The van der Waals surface area contributed by atoms with E-state index < -0.39 is 6.10 Å². The van der Waals surface area contributed by atoms with Crippen molar-refractivity contribution < 1.29 is 5.11 Å². The third-order valence-electron chi connectivity index (χ3n) is 3.04. The van der Waals surface area contributed by atoms with Crippen LogP contribution in [0, 0.1) is 0 Å². The van der Waals surface area contributed by atoms with Crippen molar-refractivity contribution in [2.45, 2.75) is 18.6 Å². The van der Waals surface area contributed by atoms with Crippen molar-refractivity contribution in [1.82, 2.24) is 0 Å². The Bertz CT molecular complexity index is 507. The Morgan fingerprint density at radius 3 is 2.16 bits per heavy atom. The Morgan fingerprint density at radius 1 is 0.947 bits per heavy atom. The monoisotopic (exact) mass is 253 g/mol. The van der Waals surface area contributed by atoms with E-state index in [1.807, 2.05) is 66.7 Å². The van der Waals surface area contributed by atoms with Crippen molar-refractivity contribution in [2.24, 2.45) is 5.73 Å². The molecule has 0 aromatic heterocycles. The summed E-state index contributed by atoms with van der Waals surface area (Å²) in [5.41, 5.74) is 8.22. The highest BCUT2D eigenvalue weighted by Gasteiger charge is 2.11. The van der Waals surface area contributed by atoms with E-state index in [9.17, 15) is 5.11 Å². The lowest BCUT2D eigenvalue weighted by atomic mass is 10.0. The van der Waals surface area contributed by atoms with Gasteiger partial charge in [0.1, 0.15) is 0 Å². The van der Waals surface area contributed by atoms with Crippen LogP contribution in [0.5, 0.6) is 0 Å². The van der Waals surface area contributed by atoms with Crippen molar-refractivity contribution in [1.29, 1.82) is 0 Å². The first kappa shape index (κ1) is 13.5. The zero-order valence-electron chi connectivity index (χ0n) is 10.8. The van der Waals surface area contributed by atoms with Crippen LogP contribution in [0.25, 0.3) is 6.08 Å². The molecular weight excluding hydrogens is 234 g/mol. The molecule has 2 atom stereocenters. The largest absolute Gasteiger partial charge is 0.387 e. The van der Waals surface area contributed by atoms with Crippen LogP contribution in [-0.4, -0.2) is 17.3 Å². The minimum atomic E-state index is -0.639. The van der Waals surface area contributed by atoms with Crippen LogP contribution >= 0.6 is 0 Å². The smallest absolute Gasteiger partial charge is 0.0878 e. The van der Waals surface area contributed by atoms with Gasteiger partial charge in [-0.3, -0.25) is 0 Å². The van der Waals surface area contributed by atoms with E-state index in [-0.39, 0.29) is 6.04 Å². The lowest BCUT2D eigenvalue weighted by molar-refractivity contribution is 0.191. The van der Waals surface area contributed by atoms with Gasteiger partial charge in [0.25, 0.3) is 0 Å². The fraction of sp³-hybridized carbons (Fsp3) is 0.176. The molecule has 98 valence electrons. The average molecular weight is 253 g/mol. The summed E-state index contributed by atoms with van der Waals surface area (Å²) in [7, 11) is 0. The molecule has 0 aliphatic rings. The van der Waals surface area contributed by atoms with Crippen LogP contribution in [0.3, 0.4) is 0 Å². The number of rotatable bonds is 5. The van der Waals surface area contributed by atoms with Crippen LogP contribution in [-0.2, 0) is 6.42 Å². The summed E-state index contributed by atoms with van der Waals surface area (Å²) in [4.78, 5) is 0. The Morgan fingerprint density at radius 2 is 1.53 bits per heavy atom. The second-order valence-corrected chi connectivity index (χ2v) is 4.61.